The molecule has 0 amide bonds. The first-order chi connectivity index (χ1) is 34.2. The van der Waals surface area contributed by atoms with Crippen molar-refractivity contribution < 1.29 is 170 Å². The van der Waals surface area contributed by atoms with Gasteiger partial charge in [-0.15, -0.1) is 0 Å². The van der Waals surface area contributed by atoms with E-state index in [9.17, 15) is 51.9 Å². The minimum absolute atomic E-state index is 0. The largest absolute Gasteiger partial charge is 1.00 e. The average molecular weight is 1150 g/mol. The zero-order valence-corrected chi connectivity index (χ0v) is 52.3. The molecule has 6 aromatic carbocycles. The molecule has 0 bridgehead atoms. The molecule has 0 atom stereocenters. The Morgan fingerprint density at radius 3 is 0.987 bits per heavy atom. The van der Waals surface area contributed by atoms with Gasteiger partial charge in [0, 0.05) is 81.2 Å². The summed E-state index contributed by atoms with van der Waals surface area (Å²) in [6.45, 7) is 2.43. The molecule has 0 spiro atoms. The van der Waals surface area contributed by atoms with Crippen molar-refractivity contribution >= 4 is 131 Å². The first-order valence-electron chi connectivity index (χ1n) is 21.7. The second-order valence-electron chi connectivity index (χ2n) is 16.6. The van der Waals surface area contributed by atoms with Crippen molar-refractivity contribution in [1.82, 2.24) is 29.9 Å². The van der Waals surface area contributed by atoms with Crippen LogP contribution in [0, 0.1) is 0 Å². The van der Waals surface area contributed by atoms with E-state index >= 15 is 0 Å². The van der Waals surface area contributed by atoms with E-state index in [-0.39, 0.29) is 187 Å². The molecule has 0 unspecified atom stereocenters. The number of hydrogen-bond acceptors (Lipinski definition) is 24. The molecule has 2 saturated heterocycles. The predicted molar refractivity (Wildman–Crippen MR) is 259 cm³/mol. The SMILES string of the molecule is O=S(=O)([O-])c1cc(Nc2nc(Nc3cccc4c(Nc5nc(Nc6cc(S(=O)(=O)[O-])c7cccc(S(=O)(=O)[O-])c7c6)nc(N6CCCC6)n5)cccc34)nc(N3CCCC3)n2)cc2c(S(=O)(=O)[O-])cccc12.[Na+].[Na+].[Na+].[Na+]. The van der Waals surface area contributed by atoms with Crippen LogP contribution in [-0.2, 0) is 40.5 Å². The average Bonchev–Trinajstić information content (AvgIpc) is 4.07. The van der Waals surface area contributed by atoms with Gasteiger partial charge in [-0.3, -0.25) is 0 Å². The van der Waals surface area contributed by atoms with Crippen LogP contribution in [0.25, 0.3) is 32.3 Å². The fraction of sp³-hybridized carbons (Fsp3) is 0.182. The van der Waals surface area contributed by atoms with E-state index in [2.05, 4.69) is 51.2 Å². The normalized spacial score (nSPS) is 13.8. The summed E-state index contributed by atoms with van der Waals surface area (Å²) in [5, 5.41) is 12.4. The number of anilines is 10. The van der Waals surface area contributed by atoms with Crippen LogP contribution in [0.1, 0.15) is 25.7 Å². The van der Waals surface area contributed by atoms with Gasteiger partial charge in [0.05, 0.1) is 19.6 Å². The zero-order chi connectivity index (χ0) is 50.7. The molecule has 32 heteroatoms. The van der Waals surface area contributed by atoms with Gasteiger partial charge < -0.3 is 49.3 Å². The maximum absolute atomic E-state index is 12.5. The molecule has 0 radical (unpaired) electrons. The Hall–Kier alpha value is -3.44. The fourth-order valence-corrected chi connectivity index (χ4v) is 11.5. The van der Waals surface area contributed by atoms with E-state index in [1.165, 1.54) is 24.3 Å². The smallest absolute Gasteiger partial charge is 0.744 e. The molecular weight excluding hydrogens is 1110 g/mol. The fourth-order valence-electron chi connectivity index (χ4n) is 8.74. The second-order valence-corrected chi connectivity index (χ2v) is 22.0. The van der Waals surface area contributed by atoms with Gasteiger partial charge in [-0.2, -0.15) is 29.9 Å². The van der Waals surface area contributed by atoms with Gasteiger partial charge in [0.2, 0.25) is 35.7 Å². The Morgan fingerprint density at radius 2 is 0.658 bits per heavy atom. The summed E-state index contributed by atoms with van der Waals surface area (Å²) in [5.41, 5.74) is 0.799. The van der Waals surface area contributed by atoms with Crippen LogP contribution in [0.5, 0.6) is 0 Å². The van der Waals surface area contributed by atoms with E-state index in [0.717, 1.165) is 62.1 Å². The Bertz CT molecular complexity index is 3760. The van der Waals surface area contributed by atoms with Gasteiger partial charge >= 0.3 is 118 Å². The Balaban J connectivity index is 0.00000234. The first-order valence-corrected chi connectivity index (χ1v) is 27.4. The van der Waals surface area contributed by atoms with Gasteiger partial charge in [-0.05, 0) is 74.2 Å². The number of fused-ring (bicyclic) bond motifs is 3. The number of benzene rings is 6. The van der Waals surface area contributed by atoms with Crippen molar-refractivity contribution in [1.29, 1.82) is 0 Å². The summed E-state index contributed by atoms with van der Waals surface area (Å²) in [6, 6.07) is 21.9. The zero-order valence-electron chi connectivity index (χ0n) is 41.0. The second kappa shape index (κ2) is 24.5. The third-order valence-electron chi connectivity index (χ3n) is 11.9. The van der Waals surface area contributed by atoms with E-state index in [0.29, 0.717) is 48.3 Å². The quantitative estimate of drug-likeness (QED) is 0.0581. The molecule has 24 nitrogen and oxygen atoms in total. The van der Waals surface area contributed by atoms with Crippen LogP contribution in [0.2, 0.25) is 0 Å². The van der Waals surface area contributed by atoms with E-state index in [1.54, 1.807) is 24.3 Å². The van der Waals surface area contributed by atoms with Crippen molar-refractivity contribution in [3.05, 3.63) is 97.1 Å². The topological polar surface area (TPSA) is 361 Å². The molecule has 0 aliphatic carbocycles. The van der Waals surface area contributed by atoms with Gasteiger partial charge in [0.15, 0.2) is 0 Å². The van der Waals surface area contributed by atoms with Crippen LogP contribution in [0.4, 0.5) is 58.4 Å². The van der Waals surface area contributed by atoms with E-state index < -0.39 is 60.1 Å². The standard InChI is InChI=1S/C44H40N12O12S4.4Na/c57-69(58,59)35-15-7-11-29-31(35)21-25(23-37(29)71(63,64)65)45-39-49-41(53-43(51-39)55-17-1-2-18-55)47-33-13-5-10-28-27(33)9-6-14-34(28)48-42-50-40(52-44(54-42)56-19-3-4-20-56)46-26-22-32-30(38(24-26)72(66,67)68)12-8-16-36(32)70(60,61)62;;;;/h5-16,21-24H,1-4,17-20H2,(H,57,58,59)(H,60,61,62)(H,63,64,65)(H,66,67,68)(H2,45,47,49,51,53)(H2,46,48,50,52,54);;;;/q;4*+1/p-4. The van der Waals surface area contributed by atoms with Crippen LogP contribution in [-0.4, -0.2) is 108 Å². The van der Waals surface area contributed by atoms with Crippen LogP contribution in [0.3, 0.4) is 0 Å². The molecule has 0 saturated carbocycles. The molecule has 372 valence electrons. The van der Waals surface area contributed by atoms with Crippen molar-refractivity contribution in [3.8, 4) is 0 Å². The summed E-state index contributed by atoms with van der Waals surface area (Å²) < 4.78 is 148. The summed E-state index contributed by atoms with van der Waals surface area (Å²) in [4.78, 5) is 28.4. The minimum Gasteiger partial charge on any atom is -0.744 e. The number of hydrogen-bond donors (Lipinski definition) is 4. The summed E-state index contributed by atoms with van der Waals surface area (Å²) in [6.07, 6.45) is 3.40. The maximum atomic E-state index is 12.5. The molecular formula is C44H36N12Na4O12S4. The summed E-state index contributed by atoms with van der Waals surface area (Å²) in [7, 11) is -20.6. The Labute approximate surface area is 524 Å². The predicted octanol–water partition coefficient (Wildman–Crippen LogP) is -6.68. The Kier molecular flexibility index (Phi) is 19.9. The first kappa shape index (κ1) is 61.8. The van der Waals surface area contributed by atoms with Gasteiger partial charge in [0.1, 0.15) is 40.5 Å². The summed E-state index contributed by atoms with van der Waals surface area (Å²) >= 11 is 0. The van der Waals surface area contributed by atoms with Crippen LogP contribution >= 0.6 is 0 Å². The summed E-state index contributed by atoms with van der Waals surface area (Å²) in [5.74, 6) is 0.317. The Morgan fingerprint density at radius 1 is 0.355 bits per heavy atom. The molecule has 2 aromatic heterocycles. The van der Waals surface area contributed by atoms with Crippen molar-refractivity contribution in [2.45, 2.75) is 45.3 Å². The van der Waals surface area contributed by atoms with Crippen molar-refractivity contribution in [3.63, 3.8) is 0 Å². The maximum Gasteiger partial charge on any atom is 1.00 e. The molecule has 4 heterocycles. The number of rotatable bonds is 14. The van der Waals surface area contributed by atoms with Gasteiger partial charge in [0.25, 0.3) is 0 Å². The molecule has 2 aliphatic heterocycles. The van der Waals surface area contributed by atoms with Gasteiger partial charge in [-0.1, -0.05) is 48.5 Å². The molecule has 8 aromatic rings. The van der Waals surface area contributed by atoms with Crippen molar-refractivity contribution in [2.75, 3.05) is 57.2 Å². The molecule has 76 heavy (non-hydrogen) atoms. The monoisotopic (exact) mass is 1140 g/mol. The van der Waals surface area contributed by atoms with Crippen LogP contribution < -0.4 is 149 Å². The molecule has 4 N–H and O–H groups in total. The molecule has 2 fully saturated rings. The molecule has 2 aliphatic rings. The number of nitrogens with zero attached hydrogens (tertiary/aromatic N) is 8. The van der Waals surface area contributed by atoms with Crippen LogP contribution in [0.15, 0.2) is 117 Å². The minimum atomic E-state index is -5.20. The van der Waals surface area contributed by atoms with Gasteiger partial charge in [-0.25, -0.2) is 33.7 Å². The number of aromatic nitrogens is 6. The molecule has 10 rings (SSSR count). The van der Waals surface area contributed by atoms with E-state index in [4.69, 9.17) is 0 Å². The third kappa shape index (κ3) is 13.6. The van der Waals surface area contributed by atoms with Crippen molar-refractivity contribution in [2.24, 2.45) is 0 Å². The van der Waals surface area contributed by atoms with E-state index in [1.807, 2.05) is 21.9 Å². The third-order valence-corrected chi connectivity index (χ3v) is 15.4. The number of nitrogens with one attached hydrogen (secondary N) is 4.